The molecule has 0 spiro atoms. The number of nitrogens with zero attached hydrogens (tertiary/aromatic N) is 1. The first-order valence-corrected chi connectivity index (χ1v) is 6.03. The lowest BCUT2D eigenvalue weighted by atomic mass is 10.1. The molecule has 0 fully saturated rings. The van der Waals surface area contributed by atoms with Crippen LogP contribution in [0.2, 0.25) is 0 Å². The third-order valence-corrected chi connectivity index (χ3v) is 2.96. The summed E-state index contributed by atoms with van der Waals surface area (Å²) in [5.74, 6) is 0.971. The Hall–Kier alpha value is -1.83. The van der Waals surface area contributed by atoms with Gasteiger partial charge in [-0.1, -0.05) is 37.3 Å². The lowest BCUT2D eigenvalue weighted by Gasteiger charge is -2.11. The molecule has 0 aliphatic carbocycles. The summed E-state index contributed by atoms with van der Waals surface area (Å²) in [6.07, 6.45) is 2.89. The number of hydrogen-bond acceptors (Lipinski definition) is 2. The number of hydrogen-bond donors (Lipinski definition) is 1. The van der Waals surface area contributed by atoms with Gasteiger partial charge in [-0.25, -0.2) is 4.98 Å². The molecule has 0 aliphatic heterocycles. The van der Waals surface area contributed by atoms with Gasteiger partial charge in [-0.2, -0.15) is 0 Å². The smallest absolute Gasteiger partial charge is 0.129 e. The molecule has 1 heterocycles. The first-order valence-electron chi connectivity index (χ1n) is 6.03. The average molecular weight is 226 g/mol. The standard InChI is InChI=1S/C15H18N2/c1-3-13-8-4-5-9-14(13)11-17-15-12(2)7-6-10-16-15/h4-10H,3,11H2,1-2H3,(H,16,17). The zero-order chi connectivity index (χ0) is 12.1. The molecule has 2 heteroatoms. The van der Waals surface area contributed by atoms with Crippen molar-refractivity contribution in [2.24, 2.45) is 0 Å². The van der Waals surface area contributed by atoms with Gasteiger partial charge < -0.3 is 5.32 Å². The van der Waals surface area contributed by atoms with Gasteiger partial charge in [-0.05, 0) is 36.1 Å². The van der Waals surface area contributed by atoms with Crippen molar-refractivity contribution in [2.45, 2.75) is 26.8 Å². The molecule has 0 amide bonds. The Morgan fingerprint density at radius 2 is 1.82 bits per heavy atom. The number of aryl methyl sites for hydroxylation is 2. The fourth-order valence-corrected chi connectivity index (χ4v) is 1.92. The summed E-state index contributed by atoms with van der Waals surface area (Å²) < 4.78 is 0. The fourth-order valence-electron chi connectivity index (χ4n) is 1.92. The zero-order valence-corrected chi connectivity index (χ0v) is 10.4. The van der Waals surface area contributed by atoms with E-state index >= 15 is 0 Å². The summed E-state index contributed by atoms with van der Waals surface area (Å²) in [6.45, 7) is 5.09. The van der Waals surface area contributed by atoms with Gasteiger partial charge in [0.25, 0.3) is 0 Å². The van der Waals surface area contributed by atoms with Gasteiger partial charge in [-0.15, -0.1) is 0 Å². The van der Waals surface area contributed by atoms with E-state index in [9.17, 15) is 0 Å². The largest absolute Gasteiger partial charge is 0.366 e. The normalized spacial score (nSPS) is 10.2. The monoisotopic (exact) mass is 226 g/mol. The molecule has 0 radical (unpaired) electrons. The van der Waals surface area contributed by atoms with Crippen molar-refractivity contribution in [3.8, 4) is 0 Å². The molecule has 0 unspecified atom stereocenters. The maximum atomic E-state index is 4.34. The van der Waals surface area contributed by atoms with Crippen LogP contribution in [0.1, 0.15) is 23.6 Å². The minimum absolute atomic E-state index is 0.835. The minimum atomic E-state index is 0.835. The lowest BCUT2D eigenvalue weighted by Crippen LogP contribution is -2.05. The first kappa shape index (κ1) is 11.6. The topological polar surface area (TPSA) is 24.9 Å². The molecule has 17 heavy (non-hydrogen) atoms. The van der Waals surface area contributed by atoms with Gasteiger partial charge in [0.05, 0.1) is 0 Å². The second-order valence-corrected chi connectivity index (χ2v) is 4.14. The molecule has 0 saturated carbocycles. The number of nitrogens with one attached hydrogen (secondary N) is 1. The van der Waals surface area contributed by atoms with Crippen LogP contribution in [0.3, 0.4) is 0 Å². The number of rotatable bonds is 4. The summed E-state index contributed by atoms with van der Waals surface area (Å²) in [6, 6.07) is 12.6. The Morgan fingerprint density at radius 3 is 2.53 bits per heavy atom. The molecule has 0 saturated heterocycles. The van der Waals surface area contributed by atoms with Crippen LogP contribution >= 0.6 is 0 Å². The highest BCUT2D eigenvalue weighted by atomic mass is 15.0. The van der Waals surface area contributed by atoms with E-state index in [1.54, 1.807) is 0 Å². The maximum absolute atomic E-state index is 4.34. The Balaban J connectivity index is 2.10. The van der Waals surface area contributed by atoms with Crippen molar-refractivity contribution >= 4 is 5.82 Å². The third-order valence-electron chi connectivity index (χ3n) is 2.96. The molecule has 1 aromatic heterocycles. The lowest BCUT2D eigenvalue weighted by molar-refractivity contribution is 1.03. The minimum Gasteiger partial charge on any atom is -0.366 e. The SMILES string of the molecule is CCc1ccccc1CNc1ncccc1C. The summed E-state index contributed by atoms with van der Waals surface area (Å²) in [5, 5.41) is 3.39. The summed E-state index contributed by atoms with van der Waals surface area (Å²) in [5.41, 5.74) is 3.93. The first-order chi connectivity index (χ1) is 8.31. The number of benzene rings is 1. The van der Waals surface area contributed by atoms with E-state index in [4.69, 9.17) is 0 Å². The summed E-state index contributed by atoms with van der Waals surface area (Å²) in [7, 11) is 0. The van der Waals surface area contributed by atoms with E-state index in [-0.39, 0.29) is 0 Å². The maximum Gasteiger partial charge on any atom is 0.129 e. The average Bonchev–Trinajstić information content (AvgIpc) is 2.38. The van der Waals surface area contributed by atoms with Crippen LogP contribution in [0.25, 0.3) is 0 Å². The Labute approximate surface area is 103 Å². The van der Waals surface area contributed by atoms with Gasteiger partial charge in [0, 0.05) is 12.7 Å². The van der Waals surface area contributed by atoms with Gasteiger partial charge in [0.2, 0.25) is 0 Å². The van der Waals surface area contributed by atoms with E-state index in [1.165, 1.54) is 16.7 Å². The molecule has 0 aliphatic rings. The predicted octanol–water partition coefficient (Wildman–Crippen LogP) is 3.56. The summed E-state index contributed by atoms with van der Waals surface area (Å²) in [4.78, 5) is 4.34. The molecular weight excluding hydrogens is 208 g/mol. The molecule has 2 nitrogen and oxygen atoms in total. The van der Waals surface area contributed by atoms with Crippen LogP contribution in [0.5, 0.6) is 0 Å². The van der Waals surface area contributed by atoms with Gasteiger partial charge in [-0.3, -0.25) is 0 Å². The Kier molecular flexibility index (Phi) is 3.76. The second-order valence-electron chi connectivity index (χ2n) is 4.14. The van der Waals surface area contributed by atoms with Crippen LogP contribution in [0, 0.1) is 6.92 Å². The highest BCUT2D eigenvalue weighted by Crippen LogP contribution is 2.14. The van der Waals surface area contributed by atoms with Crippen LogP contribution in [-0.2, 0) is 13.0 Å². The van der Waals surface area contributed by atoms with Gasteiger partial charge in [0.1, 0.15) is 5.82 Å². The zero-order valence-electron chi connectivity index (χ0n) is 10.4. The number of pyridine rings is 1. The fraction of sp³-hybridized carbons (Fsp3) is 0.267. The summed E-state index contributed by atoms with van der Waals surface area (Å²) >= 11 is 0. The van der Waals surface area contributed by atoms with Crippen LogP contribution < -0.4 is 5.32 Å². The second kappa shape index (κ2) is 5.48. The number of anilines is 1. The van der Waals surface area contributed by atoms with Crippen molar-refractivity contribution < 1.29 is 0 Å². The van der Waals surface area contributed by atoms with E-state index in [0.717, 1.165) is 18.8 Å². The third kappa shape index (κ3) is 2.84. The van der Waals surface area contributed by atoms with E-state index in [2.05, 4.69) is 54.5 Å². The molecule has 0 atom stereocenters. The molecule has 0 bridgehead atoms. The molecule has 88 valence electrons. The Morgan fingerprint density at radius 1 is 1.06 bits per heavy atom. The van der Waals surface area contributed by atoms with Gasteiger partial charge in [0.15, 0.2) is 0 Å². The molecule has 1 N–H and O–H groups in total. The quantitative estimate of drug-likeness (QED) is 0.862. The van der Waals surface area contributed by atoms with Crippen LogP contribution in [-0.4, -0.2) is 4.98 Å². The molecule has 2 aromatic rings. The highest BCUT2D eigenvalue weighted by molar-refractivity contribution is 5.43. The van der Waals surface area contributed by atoms with E-state index in [1.807, 2.05) is 12.3 Å². The predicted molar refractivity (Wildman–Crippen MR) is 72.1 cm³/mol. The van der Waals surface area contributed by atoms with Crippen LogP contribution in [0.4, 0.5) is 5.82 Å². The van der Waals surface area contributed by atoms with Crippen molar-refractivity contribution in [1.29, 1.82) is 0 Å². The molecular formula is C15H18N2. The van der Waals surface area contributed by atoms with E-state index < -0.39 is 0 Å². The van der Waals surface area contributed by atoms with E-state index in [0.29, 0.717) is 0 Å². The van der Waals surface area contributed by atoms with Crippen molar-refractivity contribution in [3.63, 3.8) is 0 Å². The number of aromatic nitrogens is 1. The highest BCUT2D eigenvalue weighted by Gasteiger charge is 2.01. The van der Waals surface area contributed by atoms with Gasteiger partial charge >= 0.3 is 0 Å². The molecule has 1 aromatic carbocycles. The van der Waals surface area contributed by atoms with Crippen molar-refractivity contribution in [1.82, 2.24) is 4.98 Å². The Bertz CT molecular complexity index is 492. The molecule has 2 rings (SSSR count). The van der Waals surface area contributed by atoms with Crippen molar-refractivity contribution in [3.05, 3.63) is 59.3 Å². The van der Waals surface area contributed by atoms with Crippen LogP contribution in [0.15, 0.2) is 42.6 Å². The van der Waals surface area contributed by atoms with Crippen molar-refractivity contribution in [2.75, 3.05) is 5.32 Å².